The average Bonchev–Trinajstić information content (AvgIpc) is 2.48. The molecule has 1 aromatic rings. The van der Waals surface area contributed by atoms with Gasteiger partial charge in [-0.3, -0.25) is 0 Å². The molecule has 1 heteroatoms. The van der Waals surface area contributed by atoms with Crippen molar-refractivity contribution < 1.29 is 0 Å². The van der Waals surface area contributed by atoms with Crippen LogP contribution in [0.15, 0.2) is 30.3 Å². The molecule has 1 aliphatic rings. The first-order valence-electron chi connectivity index (χ1n) is 8.20. The minimum Gasteiger partial charge on any atom is -0.317 e. The Kier molecular flexibility index (Phi) is 7.02. The molecule has 1 fully saturated rings. The first-order chi connectivity index (χ1) is 9.45. The highest BCUT2D eigenvalue weighted by Crippen LogP contribution is 2.25. The molecule has 2 rings (SSSR count). The van der Waals surface area contributed by atoms with Crippen LogP contribution in [-0.2, 0) is 6.42 Å². The number of nitrogens with one attached hydrogen (secondary N) is 1. The molecule has 106 valence electrons. The number of unbranched alkanes of at least 4 members (excludes halogenated alkanes) is 1. The second-order valence-corrected chi connectivity index (χ2v) is 5.99. The summed E-state index contributed by atoms with van der Waals surface area (Å²) in [4.78, 5) is 0. The van der Waals surface area contributed by atoms with E-state index >= 15 is 0 Å². The van der Waals surface area contributed by atoms with Crippen molar-refractivity contribution in [2.75, 3.05) is 13.1 Å². The lowest BCUT2D eigenvalue weighted by Crippen LogP contribution is -2.20. The Morgan fingerprint density at radius 3 is 2.47 bits per heavy atom. The monoisotopic (exact) mass is 259 g/mol. The van der Waals surface area contributed by atoms with E-state index in [1.807, 2.05) is 0 Å². The Hall–Kier alpha value is -0.820. The zero-order valence-corrected chi connectivity index (χ0v) is 12.2. The molecular formula is C18H29N. The van der Waals surface area contributed by atoms with E-state index in [1.54, 1.807) is 0 Å². The van der Waals surface area contributed by atoms with E-state index in [4.69, 9.17) is 0 Å². The Labute approximate surface area is 118 Å². The number of hydrogen-bond acceptors (Lipinski definition) is 1. The van der Waals surface area contributed by atoms with Gasteiger partial charge in [0.1, 0.15) is 0 Å². The molecule has 0 bridgehead atoms. The summed E-state index contributed by atoms with van der Waals surface area (Å²) in [6.07, 6.45) is 12.6. The highest BCUT2D eigenvalue weighted by Gasteiger charge is 2.12. The highest BCUT2D eigenvalue weighted by molar-refractivity contribution is 5.14. The second kappa shape index (κ2) is 9.14. The molecule has 19 heavy (non-hydrogen) atoms. The molecule has 0 saturated heterocycles. The number of rotatable bonds is 8. The van der Waals surface area contributed by atoms with Gasteiger partial charge in [-0.1, -0.05) is 62.4 Å². The van der Waals surface area contributed by atoms with Crippen molar-refractivity contribution in [3.63, 3.8) is 0 Å². The van der Waals surface area contributed by atoms with Gasteiger partial charge < -0.3 is 5.32 Å². The molecule has 0 aliphatic heterocycles. The van der Waals surface area contributed by atoms with Gasteiger partial charge in [0.05, 0.1) is 0 Å². The van der Waals surface area contributed by atoms with E-state index in [0.717, 1.165) is 5.92 Å². The average molecular weight is 259 g/mol. The zero-order chi connectivity index (χ0) is 13.2. The smallest absolute Gasteiger partial charge is 0.00463 e. The van der Waals surface area contributed by atoms with Crippen molar-refractivity contribution >= 4 is 0 Å². The molecule has 0 aromatic heterocycles. The fourth-order valence-electron chi connectivity index (χ4n) is 3.13. The maximum atomic E-state index is 3.62. The van der Waals surface area contributed by atoms with Crippen LogP contribution in [0.1, 0.15) is 56.9 Å². The summed E-state index contributed by atoms with van der Waals surface area (Å²) < 4.78 is 0. The van der Waals surface area contributed by atoms with Gasteiger partial charge in [-0.25, -0.2) is 0 Å². The van der Waals surface area contributed by atoms with Crippen LogP contribution in [0.5, 0.6) is 0 Å². The largest absolute Gasteiger partial charge is 0.317 e. The second-order valence-electron chi connectivity index (χ2n) is 5.99. The normalized spacial score (nSPS) is 16.6. The topological polar surface area (TPSA) is 12.0 Å². The summed E-state index contributed by atoms with van der Waals surface area (Å²) in [6, 6.07) is 10.8. The fraction of sp³-hybridized carbons (Fsp3) is 0.667. The molecule has 0 unspecified atom stereocenters. The van der Waals surface area contributed by atoms with Crippen LogP contribution < -0.4 is 5.32 Å². The molecule has 0 radical (unpaired) electrons. The van der Waals surface area contributed by atoms with Crippen LogP contribution >= 0.6 is 0 Å². The van der Waals surface area contributed by atoms with Crippen molar-refractivity contribution in [3.05, 3.63) is 35.9 Å². The molecule has 1 aromatic carbocycles. The van der Waals surface area contributed by atoms with Gasteiger partial charge in [0.25, 0.3) is 0 Å². The van der Waals surface area contributed by atoms with Crippen LogP contribution in [0.2, 0.25) is 0 Å². The Morgan fingerprint density at radius 1 is 0.895 bits per heavy atom. The van der Waals surface area contributed by atoms with Crippen LogP contribution in [0.4, 0.5) is 0 Å². The third kappa shape index (κ3) is 6.24. The van der Waals surface area contributed by atoms with Crippen LogP contribution in [0, 0.1) is 5.92 Å². The molecule has 0 amide bonds. The van der Waals surface area contributed by atoms with Crippen molar-refractivity contribution in [2.24, 2.45) is 5.92 Å². The SMILES string of the molecule is c1ccc(CCCCNCCC2CCCCC2)cc1. The first-order valence-corrected chi connectivity index (χ1v) is 8.20. The quantitative estimate of drug-likeness (QED) is 0.674. The zero-order valence-electron chi connectivity index (χ0n) is 12.2. The highest BCUT2D eigenvalue weighted by atomic mass is 14.8. The van der Waals surface area contributed by atoms with E-state index in [-0.39, 0.29) is 0 Å². The van der Waals surface area contributed by atoms with Crippen molar-refractivity contribution in [3.8, 4) is 0 Å². The molecule has 0 spiro atoms. The van der Waals surface area contributed by atoms with Gasteiger partial charge >= 0.3 is 0 Å². The van der Waals surface area contributed by atoms with Gasteiger partial charge in [0.2, 0.25) is 0 Å². The molecular weight excluding hydrogens is 230 g/mol. The summed E-state index contributed by atoms with van der Waals surface area (Å²) in [6.45, 7) is 2.43. The molecule has 1 nitrogen and oxygen atoms in total. The van der Waals surface area contributed by atoms with Gasteiger partial charge in [-0.15, -0.1) is 0 Å². The Balaban J connectivity index is 1.42. The van der Waals surface area contributed by atoms with Gasteiger partial charge in [0, 0.05) is 0 Å². The third-order valence-corrected chi connectivity index (χ3v) is 4.37. The Bertz CT molecular complexity index is 314. The number of hydrogen-bond donors (Lipinski definition) is 1. The summed E-state index contributed by atoms with van der Waals surface area (Å²) in [5, 5.41) is 3.62. The van der Waals surface area contributed by atoms with Crippen LogP contribution in [-0.4, -0.2) is 13.1 Å². The maximum absolute atomic E-state index is 3.62. The molecule has 1 N–H and O–H groups in total. The summed E-state index contributed by atoms with van der Waals surface area (Å²) in [5.74, 6) is 1.02. The summed E-state index contributed by atoms with van der Waals surface area (Å²) >= 11 is 0. The van der Waals surface area contributed by atoms with Crippen molar-refractivity contribution in [2.45, 2.75) is 57.8 Å². The molecule has 1 saturated carbocycles. The van der Waals surface area contributed by atoms with Crippen molar-refractivity contribution in [1.29, 1.82) is 0 Å². The van der Waals surface area contributed by atoms with Gasteiger partial charge in [-0.2, -0.15) is 0 Å². The predicted molar refractivity (Wildman–Crippen MR) is 83.4 cm³/mol. The van der Waals surface area contributed by atoms with Gasteiger partial charge in [-0.05, 0) is 50.3 Å². The molecule has 0 atom stereocenters. The predicted octanol–water partition coefficient (Wildman–Crippen LogP) is 4.57. The Morgan fingerprint density at radius 2 is 1.68 bits per heavy atom. The van der Waals surface area contributed by atoms with Gasteiger partial charge in [0.15, 0.2) is 0 Å². The van der Waals surface area contributed by atoms with Crippen LogP contribution in [0.3, 0.4) is 0 Å². The van der Waals surface area contributed by atoms with E-state index in [1.165, 1.54) is 76.4 Å². The first kappa shape index (κ1) is 14.6. The minimum absolute atomic E-state index is 1.02. The molecule has 1 aliphatic carbocycles. The van der Waals surface area contributed by atoms with Crippen LogP contribution in [0.25, 0.3) is 0 Å². The maximum Gasteiger partial charge on any atom is -0.00463 e. The van der Waals surface area contributed by atoms with E-state index in [2.05, 4.69) is 35.6 Å². The fourth-order valence-corrected chi connectivity index (χ4v) is 3.13. The van der Waals surface area contributed by atoms with E-state index < -0.39 is 0 Å². The van der Waals surface area contributed by atoms with Crippen molar-refractivity contribution in [1.82, 2.24) is 5.32 Å². The lowest BCUT2D eigenvalue weighted by Gasteiger charge is -2.21. The summed E-state index contributed by atoms with van der Waals surface area (Å²) in [5.41, 5.74) is 1.48. The lowest BCUT2D eigenvalue weighted by molar-refractivity contribution is 0.334. The van der Waals surface area contributed by atoms with E-state index in [0.29, 0.717) is 0 Å². The molecule has 0 heterocycles. The summed E-state index contributed by atoms with van der Waals surface area (Å²) in [7, 11) is 0. The number of aryl methyl sites for hydroxylation is 1. The third-order valence-electron chi connectivity index (χ3n) is 4.37. The lowest BCUT2D eigenvalue weighted by atomic mass is 9.87. The number of benzene rings is 1. The standard InChI is InChI=1S/C18H29N/c1-3-9-17(10-4-1)13-7-8-15-19-16-14-18-11-5-2-6-12-18/h1,3-4,9-10,18-19H,2,5-8,11-16H2. The minimum atomic E-state index is 1.02. The van der Waals surface area contributed by atoms with E-state index in [9.17, 15) is 0 Å².